The molecule has 0 aromatic carbocycles. The zero-order valence-electron chi connectivity index (χ0n) is 8.15. The van der Waals surface area contributed by atoms with E-state index in [0.717, 1.165) is 10.3 Å². The normalized spacial score (nSPS) is 11.7. The summed E-state index contributed by atoms with van der Waals surface area (Å²) < 4.78 is 1.16. The molecule has 0 unspecified atom stereocenters. The molecule has 0 saturated heterocycles. The van der Waals surface area contributed by atoms with E-state index in [1.807, 2.05) is 7.05 Å². The molecule has 74 valence electrons. The highest BCUT2D eigenvalue weighted by Gasteiger charge is 2.16. The van der Waals surface area contributed by atoms with Gasteiger partial charge in [0, 0.05) is 12.1 Å². The van der Waals surface area contributed by atoms with Gasteiger partial charge < -0.3 is 10.6 Å². The van der Waals surface area contributed by atoms with Crippen molar-refractivity contribution in [2.75, 3.05) is 18.9 Å². The van der Waals surface area contributed by atoms with E-state index in [9.17, 15) is 0 Å². The first-order chi connectivity index (χ1) is 6.03. The Bertz CT molecular complexity index is 270. The SMILES string of the molecule is CNCC(C)(C)Nc1ccc(Br)s1. The van der Waals surface area contributed by atoms with Gasteiger partial charge in [-0.25, -0.2) is 0 Å². The van der Waals surface area contributed by atoms with Crippen LogP contribution in [0.1, 0.15) is 13.8 Å². The summed E-state index contributed by atoms with van der Waals surface area (Å²) in [6, 6.07) is 4.15. The molecular formula is C9H15BrN2S. The number of thiophene rings is 1. The van der Waals surface area contributed by atoms with Crippen molar-refractivity contribution >= 4 is 32.3 Å². The molecule has 1 rings (SSSR count). The van der Waals surface area contributed by atoms with E-state index in [1.165, 1.54) is 5.00 Å². The van der Waals surface area contributed by atoms with Gasteiger partial charge in [0.2, 0.25) is 0 Å². The number of hydrogen-bond acceptors (Lipinski definition) is 3. The fourth-order valence-electron chi connectivity index (χ4n) is 1.20. The van der Waals surface area contributed by atoms with Crippen LogP contribution in [-0.4, -0.2) is 19.1 Å². The van der Waals surface area contributed by atoms with Gasteiger partial charge in [-0.2, -0.15) is 0 Å². The largest absolute Gasteiger partial charge is 0.371 e. The molecule has 4 heteroatoms. The molecule has 0 amide bonds. The molecule has 0 fully saturated rings. The third-order valence-corrected chi connectivity index (χ3v) is 3.19. The maximum absolute atomic E-state index is 3.47. The molecule has 13 heavy (non-hydrogen) atoms. The highest BCUT2D eigenvalue weighted by atomic mass is 79.9. The maximum atomic E-state index is 3.47. The zero-order chi connectivity index (χ0) is 9.90. The number of hydrogen-bond donors (Lipinski definition) is 2. The number of halogens is 1. The predicted octanol–water partition coefficient (Wildman–Crippen LogP) is 2.92. The lowest BCUT2D eigenvalue weighted by Gasteiger charge is -2.26. The first-order valence-electron chi connectivity index (χ1n) is 4.22. The zero-order valence-corrected chi connectivity index (χ0v) is 10.6. The van der Waals surface area contributed by atoms with Crippen molar-refractivity contribution < 1.29 is 0 Å². The fourth-order valence-corrected chi connectivity index (χ4v) is 2.67. The minimum absolute atomic E-state index is 0.0963. The molecule has 0 atom stereocenters. The van der Waals surface area contributed by atoms with Gasteiger partial charge in [-0.3, -0.25) is 0 Å². The van der Waals surface area contributed by atoms with Gasteiger partial charge in [0.15, 0.2) is 0 Å². The van der Waals surface area contributed by atoms with Crippen LogP contribution in [0, 0.1) is 0 Å². The summed E-state index contributed by atoms with van der Waals surface area (Å²) in [5, 5.41) is 7.83. The Balaban J connectivity index is 2.57. The first-order valence-corrected chi connectivity index (χ1v) is 5.82. The van der Waals surface area contributed by atoms with Gasteiger partial charge in [0.25, 0.3) is 0 Å². The summed E-state index contributed by atoms with van der Waals surface area (Å²) >= 11 is 5.16. The quantitative estimate of drug-likeness (QED) is 0.872. The van der Waals surface area contributed by atoms with Crippen LogP contribution in [0.2, 0.25) is 0 Å². The Hall–Kier alpha value is -0.0600. The first kappa shape index (κ1) is 11.0. The van der Waals surface area contributed by atoms with Crippen molar-refractivity contribution in [2.24, 2.45) is 0 Å². The second-order valence-corrected chi connectivity index (χ2v) is 6.11. The van der Waals surface area contributed by atoms with Crippen molar-refractivity contribution in [3.05, 3.63) is 15.9 Å². The standard InChI is InChI=1S/C9H15BrN2S/c1-9(2,6-11-3)12-8-5-4-7(10)13-8/h4-5,11-12H,6H2,1-3H3. The van der Waals surface area contributed by atoms with Crippen LogP contribution >= 0.6 is 27.3 Å². The topological polar surface area (TPSA) is 24.1 Å². The lowest BCUT2D eigenvalue weighted by Crippen LogP contribution is -2.40. The molecule has 0 aliphatic heterocycles. The van der Waals surface area contributed by atoms with E-state index in [1.54, 1.807) is 11.3 Å². The van der Waals surface area contributed by atoms with Crippen molar-refractivity contribution in [3.63, 3.8) is 0 Å². The van der Waals surface area contributed by atoms with Crippen LogP contribution in [0.4, 0.5) is 5.00 Å². The van der Waals surface area contributed by atoms with Crippen LogP contribution in [0.3, 0.4) is 0 Å². The average molecular weight is 263 g/mol. The molecule has 1 heterocycles. The molecule has 0 saturated carbocycles. The fraction of sp³-hybridized carbons (Fsp3) is 0.556. The van der Waals surface area contributed by atoms with Gasteiger partial charge in [-0.05, 0) is 49.0 Å². The average Bonchev–Trinajstić information content (AvgIpc) is 2.34. The van der Waals surface area contributed by atoms with Gasteiger partial charge in [-0.15, -0.1) is 11.3 Å². The number of likely N-dealkylation sites (N-methyl/N-ethyl adjacent to an activating group) is 1. The summed E-state index contributed by atoms with van der Waals surface area (Å²) in [5.41, 5.74) is 0.0963. The van der Waals surface area contributed by atoms with E-state index < -0.39 is 0 Å². The lowest BCUT2D eigenvalue weighted by molar-refractivity contribution is 0.532. The summed E-state index contributed by atoms with van der Waals surface area (Å²) in [7, 11) is 1.97. The molecule has 0 radical (unpaired) electrons. The van der Waals surface area contributed by atoms with Crippen molar-refractivity contribution in [2.45, 2.75) is 19.4 Å². The van der Waals surface area contributed by atoms with Crippen LogP contribution in [0.15, 0.2) is 15.9 Å². The van der Waals surface area contributed by atoms with Crippen LogP contribution < -0.4 is 10.6 Å². The molecule has 1 aromatic heterocycles. The van der Waals surface area contributed by atoms with Gasteiger partial charge >= 0.3 is 0 Å². The van der Waals surface area contributed by atoms with Crippen LogP contribution in [-0.2, 0) is 0 Å². The molecular weight excluding hydrogens is 248 g/mol. The Kier molecular flexibility index (Phi) is 3.76. The third kappa shape index (κ3) is 3.67. The third-order valence-electron chi connectivity index (χ3n) is 1.65. The maximum Gasteiger partial charge on any atom is 0.0898 e. The predicted molar refractivity (Wildman–Crippen MR) is 63.6 cm³/mol. The second-order valence-electron chi connectivity index (χ2n) is 3.64. The number of anilines is 1. The van der Waals surface area contributed by atoms with Crippen molar-refractivity contribution in [1.29, 1.82) is 0 Å². The van der Waals surface area contributed by atoms with Crippen molar-refractivity contribution in [3.8, 4) is 0 Å². The molecule has 2 nitrogen and oxygen atoms in total. The lowest BCUT2D eigenvalue weighted by atomic mass is 10.1. The monoisotopic (exact) mass is 262 g/mol. The highest BCUT2D eigenvalue weighted by Crippen LogP contribution is 2.28. The van der Waals surface area contributed by atoms with E-state index in [4.69, 9.17) is 0 Å². The molecule has 0 aliphatic carbocycles. The number of rotatable bonds is 4. The second kappa shape index (κ2) is 4.44. The summed E-state index contributed by atoms with van der Waals surface area (Å²) in [5.74, 6) is 0. The molecule has 0 aliphatic rings. The van der Waals surface area contributed by atoms with E-state index in [0.29, 0.717) is 0 Å². The highest BCUT2D eigenvalue weighted by molar-refractivity contribution is 9.11. The van der Waals surface area contributed by atoms with Gasteiger partial charge in [-0.1, -0.05) is 0 Å². The molecule has 0 spiro atoms. The molecule has 0 bridgehead atoms. The van der Waals surface area contributed by atoms with Crippen LogP contribution in [0.25, 0.3) is 0 Å². The molecule has 1 aromatic rings. The van der Waals surface area contributed by atoms with Crippen molar-refractivity contribution in [1.82, 2.24) is 5.32 Å². The van der Waals surface area contributed by atoms with E-state index >= 15 is 0 Å². The smallest absolute Gasteiger partial charge is 0.0898 e. The molecule has 2 N–H and O–H groups in total. The summed E-state index contributed by atoms with van der Waals surface area (Å²) in [6.07, 6.45) is 0. The van der Waals surface area contributed by atoms with E-state index in [2.05, 4.69) is 52.5 Å². The Labute approximate surface area is 91.9 Å². The Morgan fingerprint density at radius 1 is 1.46 bits per heavy atom. The Morgan fingerprint density at radius 3 is 2.62 bits per heavy atom. The minimum Gasteiger partial charge on any atom is -0.371 e. The van der Waals surface area contributed by atoms with E-state index in [-0.39, 0.29) is 5.54 Å². The van der Waals surface area contributed by atoms with Gasteiger partial charge in [0.1, 0.15) is 0 Å². The van der Waals surface area contributed by atoms with Gasteiger partial charge in [0.05, 0.1) is 8.79 Å². The minimum atomic E-state index is 0.0963. The summed E-state index contributed by atoms with van der Waals surface area (Å²) in [4.78, 5) is 0. The Morgan fingerprint density at radius 2 is 2.15 bits per heavy atom. The van der Waals surface area contributed by atoms with Crippen LogP contribution in [0.5, 0.6) is 0 Å². The summed E-state index contributed by atoms with van der Waals surface area (Å²) in [6.45, 7) is 5.30. The number of nitrogens with one attached hydrogen (secondary N) is 2.